The lowest BCUT2D eigenvalue weighted by molar-refractivity contribution is -0.0584. The van der Waals surface area contributed by atoms with Gasteiger partial charge in [0.05, 0.1) is 21.7 Å². The van der Waals surface area contributed by atoms with Gasteiger partial charge in [-0.15, -0.1) is 0 Å². The number of carbonyl (C=O) groups excluding carboxylic acids is 3. The highest BCUT2D eigenvalue weighted by atomic mass is 35.5. The highest BCUT2D eigenvalue weighted by Gasteiger charge is 2.38. The second kappa shape index (κ2) is 7.13. The molecule has 3 aromatic rings. The molecule has 0 spiro atoms. The van der Waals surface area contributed by atoms with Gasteiger partial charge in [-0.1, -0.05) is 28.8 Å². The fourth-order valence-corrected chi connectivity index (χ4v) is 2.85. The van der Waals surface area contributed by atoms with Crippen molar-refractivity contribution in [2.75, 3.05) is 0 Å². The van der Waals surface area contributed by atoms with Gasteiger partial charge in [0, 0.05) is 12.4 Å². The van der Waals surface area contributed by atoms with Crippen molar-refractivity contribution in [2.24, 2.45) is 0 Å². The fraction of sp³-hybridized carbons (Fsp3) is 0. The molecule has 1 aromatic heterocycles. The minimum absolute atomic E-state index is 0.0589. The van der Waals surface area contributed by atoms with Crippen molar-refractivity contribution in [2.45, 2.75) is 0 Å². The molecule has 0 bridgehead atoms. The van der Waals surface area contributed by atoms with Crippen LogP contribution in [0.5, 0.6) is 11.5 Å². The van der Waals surface area contributed by atoms with E-state index in [1.54, 1.807) is 36.7 Å². The van der Waals surface area contributed by atoms with Crippen molar-refractivity contribution in [3.05, 3.63) is 88.7 Å². The first-order chi connectivity index (χ1) is 13.5. The summed E-state index contributed by atoms with van der Waals surface area (Å²) in [7, 11) is 0. The van der Waals surface area contributed by atoms with Gasteiger partial charge in [-0.3, -0.25) is 14.6 Å². The van der Waals surface area contributed by atoms with E-state index < -0.39 is 17.8 Å². The molecule has 0 atom stereocenters. The smallest absolute Gasteiger partial charge is 0.364 e. The Labute approximate surface area is 164 Å². The Balaban J connectivity index is 1.51. The molecule has 28 heavy (non-hydrogen) atoms. The zero-order chi connectivity index (χ0) is 19.7. The molecule has 138 valence electrons. The van der Waals surface area contributed by atoms with Gasteiger partial charge < -0.3 is 9.57 Å². The Morgan fingerprint density at radius 1 is 0.929 bits per heavy atom. The summed E-state index contributed by atoms with van der Waals surface area (Å²) in [5.41, 5.74) is 0.419. The third-order valence-electron chi connectivity index (χ3n) is 3.98. The highest BCUT2D eigenvalue weighted by Crippen LogP contribution is 2.30. The second-order valence-corrected chi connectivity index (χ2v) is 6.17. The van der Waals surface area contributed by atoms with Crippen LogP contribution in [-0.4, -0.2) is 27.8 Å². The van der Waals surface area contributed by atoms with Gasteiger partial charge in [0.2, 0.25) is 0 Å². The third-order valence-corrected chi connectivity index (χ3v) is 4.27. The van der Waals surface area contributed by atoms with Crippen molar-refractivity contribution < 1.29 is 24.0 Å². The summed E-state index contributed by atoms with van der Waals surface area (Å²) < 4.78 is 5.61. The van der Waals surface area contributed by atoms with Crippen molar-refractivity contribution in [3.63, 3.8) is 0 Å². The number of ether oxygens (including phenoxy) is 1. The zero-order valence-electron chi connectivity index (χ0n) is 14.2. The van der Waals surface area contributed by atoms with Crippen LogP contribution in [0.25, 0.3) is 0 Å². The molecule has 0 radical (unpaired) electrons. The van der Waals surface area contributed by atoms with E-state index in [9.17, 15) is 14.4 Å². The van der Waals surface area contributed by atoms with E-state index in [1.165, 1.54) is 30.3 Å². The first kappa shape index (κ1) is 17.7. The van der Waals surface area contributed by atoms with E-state index in [4.69, 9.17) is 21.2 Å². The van der Waals surface area contributed by atoms with Crippen LogP contribution >= 0.6 is 11.6 Å². The lowest BCUT2D eigenvalue weighted by atomic mass is 10.1. The average Bonchev–Trinajstić information content (AvgIpc) is 2.95. The number of halogens is 1. The molecule has 2 aromatic carbocycles. The number of amides is 2. The second-order valence-electron chi connectivity index (χ2n) is 5.76. The molecule has 8 heteroatoms. The zero-order valence-corrected chi connectivity index (χ0v) is 14.9. The van der Waals surface area contributed by atoms with Crippen LogP contribution in [0.4, 0.5) is 0 Å². The molecule has 0 fully saturated rings. The lowest BCUT2D eigenvalue weighted by Gasteiger charge is -2.13. The van der Waals surface area contributed by atoms with Gasteiger partial charge in [-0.2, -0.15) is 0 Å². The van der Waals surface area contributed by atoms with E-state index in [0.29, 0.717) is 16.6 Å². The molecular weight excluding hydrogens is 384 g/mol. The van der Waals surface area contributed by atoms with E-state index in [1.807, 2.05) is 0 Å². The Morgan fingerprint density at radius 2 is 1.57 bits per heavy atom. The molecule has 2 heterocycles. The summed E-state index contributed by atoms with van der Waals surface area (Å²) in [5.74, 6) is -1.44. The van der Waals surface area contributed by atoms with Crippen LogP contribution in [0, 0.1) is 0 Å². The SMILES string of the molecule is O=C(ON1C(=O)c2ccccc2C1=O)c1ccc(Oc2ccncc2)c(Cl)c1. The first-order valence-electron chi connectivity index (χ1n) is 8.12. The molecule has 4 rings (SSSR count). The number of aromatic nitrogens is 1. The molecule has 0 saturated heterocycles. The number of rotatable bonds is 4. The number of benzene rings is 2. The summed E-state index contributed by atoms with van der Waals surface area (Å²) >= 11 is 6.17. The molecule has 0 unspecified atom stereocenters. The Morgan fingerprint density at radius 3 is 2.18 bits per heavy atom. The summed E-state index contributed by atoms with van der Waals surface area (Å²) in [6.45, 7) is 0. The number of fused-ring (bicyclic) bond motifs is 1. The molecule has 1 aliphatic rings. The monoisotopic (exact) mass is 394 g/mol. The molecular formula is C20H11ClN2O5. The van der Waals surface area contributed by atoms with Gasteiger partial charge in [0.15, 0.2) is 0 Å². The predicted octanol–water partition coefficient (Wildman–Crippen LogP) is 3.90. The van der Waals surface area contributed by atoms with Gasteiger partial charge >= 0.3 is 5.97 Å². The number of imide groups is 1. The normalized spacial score (nSPS) is 12.7. The van der Waals surface area contributed by atoms with E-state index >= 15 is 0 Å². The van der Waals surface area contributed by atoms with Crippen molar-refractivity contribution in [1.29, 1.82) is 0 Å². The van der Waals surface area contributed by atoms with Gasteiger partial charge in [0.25, 0.3) is 11.8 Å². The molecule has 2 amide bonds. The average molecular weight is 395 g/mol. The number of nitrogens with zero attached hydrogens (tertiary/aromatic N) is 2. The van der Waals surface area contributed by atoms with Crippen molar-refractivity contribution in [3.8, 4) is 11.5 Å². The van der Waals surface area contributed by atoms with E-state index in [2.05, 4.69) is 4.98 Å². The summed E-state index contributed by atoms with van der Waals surface area (Å²) in [6, 6.07) is 13.8. The Kier molecular flexibility index (Phi) is 4.50. The molecule has 0 N–H and O–H groups in total. The van der Waals surface area contributed by atoms with Gasteiger partial charge in [-0.05, 0) is 42.5 Å². The topological polar surface area (TPSA) is 85.8 Å². The van der Waals surface area contributed by atoms with Gasteiger partial charge in [-0.25, -0.2) is 4.79 Å². The van der Waals surface area contributed by atoms with E-state index in [-0.39, 0.29) is 21.7 Å². The molecule has 1 aliphatic heterocycles. The van der Waals surface area contributed by atoms with Crippen molar-refractivity contribution in [1.82, 2.24) is 10.0 Å². The van der Waals surface area contributed by atoms with Crippen LogP contribution in [-0.2, 0) is 4.84 Å². The fourth-order valence-electron chi connectivity index (χ4n) is 2.63. The van der Waals surface area contributed by atoms with Crippen LogP contribution in [0.3, 0.4) is 0 Å². The Hall–Kier alpha value is -3.71. The number of pyridine rings is 1. The minimum atomic E-state index is -0.896. The molecule has 0 aliphatic carbocycles. The maximum Gasteiger partial charge on any atom is 0.364 e. The highest BCUT2D eigenvalue weighted by molar-refractivity contribution is 6.32. The van der Waals surface area contributed by atoms with E-state index in [0.717, 1.165) is 0 Å². The third kappa shape index (κ3) is 3.19. The van der Waals surface area contributed by atoms with Crippen LogP contribution < -0.4 is 4.74 Å². The number of carbonyl (C=O) groups is 3. The number of hydrogen-bond donors (Lipinski definition) is 0. The molecule has 0 saturated carbocycles. The minimum Gasteiger partial charge on any atom is -0.456 e. The maximum absolute atomic E-state index is 12.4. The quantitative estimate of drug-likeness (QED) is 0.624. The summed E-state index contributed by atoms with van der Waals surface area (Å²) in [6.07, 6.45) is 3.13. The summed E-state index contributed by atoms with van der Waals surface area (Å²) in [4.78, 5) is 45.8. The lowest BCUT2D eigenvalue weighted by Crippen LogP contribution is -2.32. The Bertz CT molecular complexity index is 1070. The van der Waals surface area contributed by atoms with Crippen LogP contribution in [0.1, 0.15) is 31.1 Å². The number of hydrogen-bond acceptors (Lipinski definition) is 6. The van der Waals surface area contributed by atoms with Crippen LogP contribution in [0.15, 0.2) is 67.0 Å². The maximum atomic E-state index is 12.4. The predicted molar refractivity (Wildman–Crippen MR) is 98.1 cm³/mol. The van der Waals surface area contributed by atoms with Gasteiger partial charge in [0.1, 0.15) is 11.5 Å². The summed E-state index contributed by atoms with van der Waals surface area (Å²) in [5, 5.41) is 0.607. The first-order valence-corrected chi connectivity index (χ1v) is 8.50. The van der Waals surface area contributed by atoms with Crippen LogP contribution in [0.2, 0.25) is 5.02 Å². The standard InChI is InChI=1S/C20H11ClN2O5/c21-16-11-12(5-6-17(16)27-13-7-9-22-10-8-13)20(26)28-23-18(24)14-3-1-2-4-15(14)19(23)25/h1-11H. The largest absolute Gasteiger partial charge is 0.456 e. The van der Waals surface area contributed by atoms with Crippen molar-refractivity contribution >= 4 is 29.4 Å². The number of hydroxylamine groups is 2. The molecule has 7 nitrogen and oxygen atoms in total.